The van der Waals surface area contributed by atoms with Crippen molar-refractivity contribution in [2.24, 2.45) is 5.92 Å². The van der Waals surface area contributed by atoms with Gasteiger partial charge in [0.05, 0.1) is 0 Å². The van der Waals surface area contributed by atoms with Gasteiger partial charge in [0, 0.05) is 13.1 Å². The number of carbonyl (C=O) groups excluding carboxylic acids is 3. The number of amides is 4. The zero-order valence-electron chi connectivity index (χ0n) is 11.9. The lowest BCUT2D eigenvalue weighted by Crippen LogP contribution is -2.51. The summed E-state index contributed by atoms with van der Waals surface area (Å²) in [5.74, 6) is 0.270. The standard InChI is InChI=1S/C14H21N3O3/c1-10-3-5-14(6-4-10)12(19)17(13(20)15-14)9-11(18)16-7-2-8-16/h10H,2-9H2,1H3,(H,15,20). The Morgan fingerprint density at radius 1 is 1.30 bits per heavy atom. The van der Waals surface area contributed by atoms with Crippen LogP contribution in [0.2, 0.25) is 0 Å². The molecule has 3 aliphatic rings. The van der Waals surface area contributed by atoms with Gasteiger partial charge in [0.1, 0.15) is 12.1 Å². The summed E-state index contributed by atoms with van der Waals surface area (Å²) >= 11 is 0. The topological polar surface area (TPSA) is 69.7 Å². The van der Waals surface area contributed by atoms with Crippen molar-refractivity contribution in [3.8, 4) is 0 Å². The summed E-state index contributed by atoms with van der Waals surface area (Å²) in [6, 6.07) is -0.404. The van der Waals surface area contributed by atoms with Crippen molar-refractivity contribution in [3.63, 3.8) is 0 Å². The van der Waals surface area contributed by atoms with Crippen LogP contribution in [0.1, 0.15) is 39.0 Å². The average Bonchev–Trinajstić information content (AvgIpc) is 2.56. The van der Waals surface area contributed by atoms with Crippen molar-refractivity contribution < 1.29 is 14.4 Å². The van der Waals surface area contributed by atoms with Crippen molar-refractivity contribution in [1.29, 1.82) is 0 Å². The fourth-order valence-electron chi connectivity index (χ4n) is 3.21. The molecule has 0 unspecified atom stereocenters. The number of carbonyl (C=O) groups is 3. The van der Waals surface area contributed by atoms with E-state index in [1.54, 1.807) is 4.90 Å². The fraction of sp³-hybridized carbons (Fsp3) is 0.786. The second-order valence-corrected chi connectivity index (χ2v) is 6.32. The van der Waals surface area contributed by atoms with Crippen LogP contribution < -0.4 is 5.32 Å². The molecule has 6 nitrogen and oxygen atoms in total. The van der Waals surface area contributed by atoms with E-state index in [0.29, 0.717) is 18.8 Å². The smallest absolute Gasteiger partial charge is 0.325 e. The lowest BCUT2D eigenvalue weighted by Gasteiger charge is -2.34. The number of nitrogens with one attached hydrogen (secondary N) is 1. The van der Waals surface area contributed by atoms with Crippen molar-refractivity contribution in [2.75, 3.05) is 19.6 Å². The van der Waals surface area contributed by atoms with Gasteiger partial charge in [-0.1, -0.05) is 6.92 Å². The number of nitrogens with zero attached hydrogens (tertiary/aromatic N) is 2. The van der Waals surface area contributed by atoms with E-state index in [1.807, 2.05) is 0 Å². The number of likely N-dealkylation sites (tertiary alicyclic amines) is 1. The molecule has 0 bridgehead atoms. The normalized spacial score (nSPS) is 33.4. The van der Waals surface area contributed by atoms with Crippen molar-refractivity contribution >= 4 is 17.8 Å². The predicted octanol–water partition coefficient (Wildman–Crippen LogP) is 0.719. The van der Waals surface area contributed by atoms with Gasteiger partial charge >= 0.3 is 6.03 Å². The summed E-state index contributed by atoms with van der Waals surface area (Å²) in [5.41, 5.74) is -0.737. The number of hydrogen-bond donors (Lipinski definition) is 1. The second-order valence-electron chi connectivity index (χ2n) is 6.32. The first-order valence-corrected chi connectivity index (χ1v) is 7.44. The van der Waals surface area contributed by atoms with Gasteiger partial charge in [0.15, 0.2) is 0 Å². The molecule has 0 aromatic rings. The third-order valence-corrected chi connectivity index (χ3v) is 4.88. The van der Waals surface area contributed by atoms with E-state index in [1.165, 1.54) is 0 Å². The molecule has 0 atom stereocenters. The highest BCUT2D eigenvalue weighted by Gasteiger charge is 2.52. The average molecular weight is 279 g/mol. The number of rotatable bonds is 2. The maximum absolute atomic E-state index is 12.5. The Bertz CT molecular complexity index is 451. The third-order valence-electron chi connectivity index (χ3n) is 4.88. The summed E-state index contributed by atoms with van der Waals surface area (Å²) in [5, 5.41) is 2.84. The van der Waals surface area contributed by atoms with Crippen molar-refractivity contribution in [3.05, 3.63) is 0 Å². The van der Waals surface area contributed by atoms with Crippen LogP contribution in [0.5, 0.6) is 0 Å². The lowest BCUT2D eigenvalue weighted by molar-refractivity contribution is -0.141. The van der Waals surface area contributed by atoms with Gasteiger partial charge in [-0.25, -0.2) is 4.79 Å². The quantitative estimate of drug-likeness (QED) is 0.757. The van der Waals surface area contributed by atoms with Crippen LogP contribution in [0.25, 0.3) is 0 Å². The molecule has 2 saturated heterocycles. The first-order valence-electron chi connectivity index (χ1n) is 7.44. The van der Waals surface area contributed by atoms with Gasteiger partial charge in [-0.3, -0.25) is 14.5 Å². The molecule has 2 aliphatic heterocycles. The van der Waals surface area contributed by atoms with E-state index >= 15 is 0 Å². The SMILES string of the molecule is CC1CCC2(CC1)NC(=O)N(CC(=O)N1CCC1)C2=O. The molecule has 2 heterocycles. The van der Waals surface area contributed by atoms with Gasteiger partial charge in [-0.05, 0) is 38.0 Å². The lowest BCUT2D eigenvalue weighted by atomic mass is 9.77. The van der Waals surface area contributed by atoms with Gasteiger partial charge in [-0.15, -0.1) is 0 Å². The van der Waals surface area contributed by atoms with Crippen LogP contribution in [-0.4, -0.2) is 52.8 Å². The Morgan fingerprint density at radius 3 is 2.50 bits per heavy atom. The first kappa shape index (κ1) is 13.4. The highest BCUT2D eigenvalue weighted by atomic mass is 16.2. The monoisotopic (exact) mass is 279 g/mol. The van der Waals surface area contributed by atoms with Gasteiger partial charge in [0.2, 0.25) is 5.91 Å². The summed E-state index contributed by atoms with van der Waals surface area (Å²) in [6.07, 6.45) is 4.27. The molecule has 3 fully saturated rings. The molecule has 1 spiro atoms. The molecule has 6 heteroatoms. The Labute approximate surface area is 118 Å². The predicted molar refractivity (Wildman–Crippen MR) is 71.8 cm³/mol. The molecular formula is C14H21N3O3. The van der Waals surface area contributed by atoms with E-state index in [0.717, 1.165) is 37.3 Å². The first-order chi connectivity index (χ1) is 9.52. The Hall–Kier alpha value is -1.59. The summed E-state index contributed by atoms with van der Waals surface area (Å²) in [4.78, 5) is 39.3. The number of urea groups is 1. The zero-order valence-corrected chi connectivity index (χ0v) is 11.9. The molecule has 1 N–H and O–H groups in total. The van der Waals surface area contributed by atoms with Crippen molar-refractivity contribution in [1.82, 2.24) is 15.1 Å². The maximum Gasteiger partial charge on any atom is 0.325 e. The van der Waals surface area contributed by atoms with Crippen LogP contribution in [-0.2, 0) is 9.59 Å². The summed E-state index contributed by atoms with van der Waals surface area (Å²) in [6.45, 7) is 3.54. The molecule has 0 radical (unpaired) electrons. The summed E-state index contributed by atoms with van der Waals surface area (Å²) < 4.78 is 0. The van der Waals surface area contributed by atoms with Gasteiger partial charge in [-0.2, -0.15) is 0 Å². The highest BCUT2D eigenvalue weighted by Crippen LogP contribution is 2.36. The van der Waals surface area contributed by atoms with Crippen molar-refractivity contribution in [2.45, 2.75) is 44.6 Å². The highest BCUT2D eigenvalue weighted by molar-refractivity contribution is 6.09. The van der Waals surface area contributed by atoms with Gasteiger partial charge in [0.25, 0.3) is 5.91 Å². The molecule has 0 aromatic heterocycles. The largest absolute Gasteiger partial charge is 0.341 e. The molecule has 1 saturated carbocycles. The molecular weight excluding hydrogens is 258 g/mol. The van der Waals surface area contributed by atoms with E-state index in [2.05, 4.69) is 12.2 Å². The Morgan fingerprint density at radius 2 is 1.95 bits per heavy atom. The van der Waals surface area contributed by atoms with Crippen LogP contribution in [0.4, 0.5) is 4.79 Å². The van der Waals surface area contributed by atoms with Crippen LogP contribution in [0.3, 0.4) is 0 Å². The van der Waals surface area contributed by atoms with Crippen LogP contribution >= 0.6 is 0 Å². The van der Waals surface area contributed by atoms with Crippen LogP contribution in [0, 0.1) is 5.92 Å². The molecule has 20 heavy (non-hydrogen) atoms. The fourth-order valence-corrected chi connectivity index (χ4v) is 3.21. The summed E-state index contributed by atoms with van der Waals surface area (Å²) in [7, 11) is 0. The van der Waals surface area contributed by atoms with Gasteiger partial charge < -0.3 is 10.2 Å². The molecule has 4 amide bonds. The van der Waals surface area contributed by atoms with Crippen LogP contribution in [0.15, 0.2) is 0 Å². The zero-order chi connectivity index (χ0) is 14.3. The maximum atomic E-state index is 12.5. The second kappa shape index (κ2) is 4.75. The molecule has 0 aromatic carbocycles. The molecule has 3 rings (SSSR count). The number of imide groups is 1. The minimum absolute atomic E-state index is 0.109. The molecule has 110 valence electrons. The van der Waals surface area contributed by atoms with E-state index in [9.17, 15) is 14.4 Å². The third kappa shape index (κ3) is 2.07. The number of hydrogen-bond acceptors (Lipinski definition) is 3. The van der Waals surface area contributed by atoms with E-state index < -0.39 is 11.6 Å². The molecule has 1 aliphatic carbocycles. The Kier molecular flexibility index (Phi) is 3.18. The van der Waals surface area contributed by atoms with E-state index in [-0.39, 0.29) is 18.4 Å². The minimum atomic E-state index is -0.737. The minimum Gasteiger partial charge on any atom is -0.341 e. The van der Waals surface area contributed by atoms with E-state index in [4.69, 9.17) is 0 Å². The Balaban J connectivity index is 1.68.